The molecule has 0 bridgehead atoms. The highest BCUT2D eigenvalue weighted by Crippen LogP contribution is 2.15. The van der Waals surface area contributed by atoms with E-state index in [9.17, 15) is 9.90 Å². The van der Waals surface area contributed by atoms with Gasteiger partial charge >= 0.3 is 0 Å². The maximum atomic E-state index is 11.5. The van der Waals surface area contributed by atoms with Crippen molar-refractivity contribution in [3.8, 4) is 0 Å². The standard InChI is InChI=1S/C14H18O2/c1-3-14(16)10-13(11(2)15)9-12-7-5-4-6-8-12/h3-8,13-14,16H,1,9-10H2,2H3. The van der Waals surface area contributed by atoms with Crippen molar-refractivity contribution in [1.82, 2.24) is 0 Å². The van der Waals surface area contributed by atoms with E-state index in [2.05, 4.69) is 6.58 Å². The SMILES string of the molecule is C=CC(O)CC(Cc1ccccc1)C(C)=O. The number of aliphatic hydroxyl groups is 1. The summed E-state index contributed by atoms with van der Waals surface area (Å²) in [5.74, 6) is -0.0137. The van der Waals surface area contributed by atoms with Gasteiger partial charge in [0.05, 0.1) is 6.10 Å². The molecule has 0 heterocycles. The van der Waals surface area contributed by atoms with Gasteiger partial charge in [0.1, 0.15) is 5.78 Å². The molecule has 0 aliphatic rings. The van der Waals surface area contributed by atoms with Crippen molar-refractivity contribution in [3.05, 3.63) is 48.6 Å². The Balaban J connectivity index is 2.65. The largest absolute Gasteiger partial charge is 0.389 e. The van der Waals surface area contributed by atoms with Crippen LogP contribution in [0.15, 0.2) is 43.0 Å². The molecule has 2 heteroatoms. The quantitative estimate of drug-likeness (QED) is 0.744. The van der Waals surface area contributed by atoms with E-state index in [1.807, 2.05) is 30.3 Å². The fraction of sp³-hybridized carbons (Fsp3) is 0.357. The van der Waals surface area contributed by atoms with Crippen LogP contribution >= 0.6 is 0 Å². The van der Waals surface area contributed by atoms with Crippen molar-refractivity contribution in [1.29, 1.82) is 0 Å². The number of carbonyl (C=O) groups excluding carboxylic acids is 1. The molecule has 1 aromatic rings. The first-order chi connectivity index (χ1) is 7.63. The molecule has 86 valence electrons. The van der Waals surface area contributed by atoms with Crippen molar-refractivity contribution >= 4 is 5.78 Å². The van der Waals surface area contributed by atoms with E-state index in [4.69, 9.17) is 0 Å². The second-order valence-electron chi connectivity index (χ2n) is 4.04. The van der Waals surface area contributed by atoms with Crippen LogP contribution < -0.4 is 0 Å². The Hall–Kier alpha value is -1.41. The summed E-state index contributed by atoms with van der Waals surface area (Å²) < 4.78 is 0. The maximum Gasteiger partial charge on any atom is 0.133 e. The number of rotatable bonds is 6. The fourth-order valence-corrected chi connectivity index (χ4v) is 1.68. The van der Waals surface area contributed by atoms with Crippen molar-refractivity contribution < 1.29 is 9.90 Å². The maximum absolute atomic E-state index is 11.5. The lowest BCUT2D eigenvalue weighted by Crippen LogP contribution is -2.20. The predicted molar refractivity (Wildman–Crippen MR) is 65.1 cm³/mol. The third-order valence-corrected chi connectivity index (χ3v) is 2.70. The normalized spacial score (nSPS) is 14.1. The number of Topliss-reactive ketones (excluding diaryl/α,β-unsaturated/α-hetero) is 1. The summed E-state index contributed by atoms with van der Waals surface area (Å²) in [4.78, 5) is 11.5. The van der Waals surface area contributed by atoms with Gasteiger partial charge < -0.3 is 5.11 Å². The Morgan fingerprint density at radius 2 is 2.06 bits per heavy atom. The molecule has 16 heavy (non-hydrogen) atoms. The van der Waals surface area contributed by atoms with Crippen molar-refractivity contribution in [2.45, 2.75) is 25.9 Å². The molecule has 0 fully saturated rings. The van der Waals surface area contributed by atoms with Crippen molar-refractivity contribution in [2.24, 2.45) is 5.92 Å². The second-order valence-corrected chi connectivity index (χ2v) is 4.04. The molecule has 0 spiro atoms. The third-order valence-electron chi connectivity index (χ3n) is 2.70. The van der Waals surface area contributed by atoms with Gasteiger partial charge in [-0.25, -0.2) is 0 Å². The summed E-state index contributed by atoms with van der Waals surface area (Å²) >= 11 is 0. The number of aliphatic hydroxyl groups excluding tert-OH is 1. The fourth-order valence-electron chi connectivity index (χ4n) is 1.68. The van der Waals surface area contributed by atoms with Crippen LogP contribution in [0.2, 0.25) is 0 Å². The highest BCUT2D eigenvalue weighted by atomic mass is 16.3. The number of hydrogen-bond donors (Lipinski definition) is 1. The minimum Gasteiger partial charge on any atom is -0.389 e. The van der Waals surface area contributed by atoms with E-state index in [0.717, 1.165) is 5.56 Å². The van der Waals surface area contributed by atoms with Crippen LogP contribution in [0, 0.1) is 5.92 Å². The molecular formula is C14H18O2. The van der Waals surface area contributed by atoms with E-state index >= 15 is 0 Å². The molecule has 0 saturated carbocycles. The zero-order chi connectivity index (χ0) is 12.0. The van der Waals surface area contributed by atoms with Gasteiger partial charge in [-0.15, -0.1) is 6.58 Å². The summed E-state index contributed by atoms with van der Waals surface area (Å²) in [6, 6.07) is 9.85. The molecule has 0 aliphatic carbocycles. The molecule has 2 atom stereocenters. The minimum absolute atomic E-state index is 0.116. The molecule has 0 radical (unpaired) electrons. The molecular weight excluding hydrogens is 200 g/mol. The Morgan fingerprint density at radius 1 is 1.44 bits per heavy atom. The number of carbonyl (C=O) groups is 1. The summed E-state index contributed by atoms with van der Waals surface area (Å²) in [5, 5.41) is 9.48. The van der Waals surface area contributed by atoms with Gasteiger partial charge in [0, 0.05) is 5.92 Å². The predicted octanol–water partition coefficient (Wildman–Crippen LogP) is 2.37. The van der Waals surface area contributed by atoms with E-state index in [-0.39, 0.29) is 11.7 Å². The highest BCUT2D eigenvalue weighted by molar-refractivity contribution is 5.78. The Bertz CT molecular complexity index is 343. The van der Waals surface area contributed by atoms with Crippen LogP contribution in [0.5, 0.6) is 0 Å². The summed E-state index contributed by atoms with van der Waals surface area (Å²) in [6.07, 6.45) is 2.01. The summed E-state index contributed by atoms with van der Waals surface area (Å²) in [7, 11) is 0. The molecule has 2 unspecified atom stereocenters. The van der Waals surface area contributed by atoms with E-state index < -0.39 is 6.10 Å². The van der Waals surface area contributed by atoms with Crippen molar-refractivity contribution in [3.63, 3.8) is 0 Å². The van der Waals surface area contributed by atoms with Crippen molar-refractivity contribution in [2.75, 3.05) is 0 Å². The van der Waals surface area contributed by atoms with Crippen LogP contribution in [0.4, 0.5) is 0 Å². The minimum atomic E-state index is -0.599. The van der Waals surface area contributed by atoms with Crippen LogP contribution in [0.25, 0.3) is 0 Å². The van der Waals surface area contributed by atoms with Gasteiger partial charge in [-0.1, -0.05) is 36.4 Å². The van der Waals surface area contributed by atoms with Crippen LogP contribution in [-0.2, 0) is 11.2 Å². The second kappa shape index (κ2) is 6.23. The first-order valence-electron chi connectivity index (χ1n) is 5.48. The van der Waals surface area contributed by atoms with Crippen LogP contribution in [0.3, 0.4) is 0 Å². The lowest BCUT2D eigenvalue weighted by Gasteiger charge is -2.15. The molecule has 1 rings (SSSR count). The molecule has 0 amide bonds. The monoisotopic (exact) mass is 218 g/mol. The molecule has 2 nitrogen and oxygen atoms in total. The van der Waals surface area contributed by atoms with Gasteiger partial charge in [0.25, 0.3) is 0 Å². The molecule has 1 N–H and O–H groups in total. The topological polar surface area (TPSA) is 37.3 Å². The smallest absolute Gasteiger partial charge is 0.133 e. The average Bonchev–Trinajstić information content (AvgIpc) is 2.29. The first kappa shape index (κ1) is 12.7. The first-order valence-corrected chi connectivity index (χ1v) is 5.48. The van der Waals surface area contributed by atoms with E-state index in [0.29, 0.717) is 12.8 Å². The van der Waals surface area contributed by atoms with E-state index in [1.54, 1.807) is 6.92 Å². The van der Waals surface area contributed by atoms with E-state index in [1.165, 1.54) is 6.08 Å². The van der Waals surface area contributed by atoms with Gasteiger partial charge in [0.15, 0.2) is 0 Å². The third kappa shape index (κ3) is 3.99. The Kier molecular flexibility index (Phi) is 4.93. The Labute approximate surface area is 96.6 Å². The van der Waals surface area contributed by atoms with Gasteiger partial charge in [-0.3, -0.25) is 4.79 Å². The number of hydrogen-bond acceptors (Lipinski definition) is 2. The molecule has 0 aliphatic heterocycles. The molecule has 1 aromatic carbocycles. The zero-order valence-corrected chi connectivity index (χ0v) is 9.60. The summed E-state index contributed by atoms with van der Waals surface area (Å²) in [6.45, 7) is 5.09. The zero-order valence-electron chi connectivity index (χ0n) is 9.60. The van der Waals surface area contributed by atoms with Gasteiger partial charge in [0.2, 0.25) is 0 Å². The van der Waals surface area contributed by atoms with Gasteiger partial charge in [-0.05, 0) is 25.3 Å². The molecule has 0 saturated heterocycles. The highest BCUT2D eigenvalue weighted by Gasteiger charge is 2.17. The van der Waals surface area contributed by atoms with Crippen LogP contribution in [0.1, 0.15) is 18.9 Å². The van der Waals surface area contributed by atoms with Gasteiger partial charge in [-0.2, -0.15) is 0 Å². The lowest BCUT2D eigenvalue weighted by atomic mass is 9.90. The Morgan fingerprint density at radius 3 is 2.56 bits per heavy atom. The number of benzene rings is 1. The number of ketones is 1. The molecule has 0 aromatic heterocycles. The van der Waals surface area contributed by atoms with Crippen LogP contribution in [-0.4, -0.2) is 17.0 Å². The average molecular weight is 218 g/mol. The lowest BCUT2D eigenvalue weighted by molar-refractivity contribution is -0.121. The summed E-state index contributed by atoms with van der Waals surface area (Å²) in [5.41, 5.74) is 1.12.